The van der Waals surface area contributed by atoms with Crippen molar-refractivity contribution >= 4 is 17.7 Å². The molecule has 0 N–H and O–H groups in total. The van der Waals surface area contributed by atoms with Gasteiger partial charge in [-0.2, -0.15) is 13.2 Å². The Bertz CT molecular complexity index is 1010. The summed E-state index contributed by atoms with van der Waals surface area (Å²) in [6, 6.07) is 11.3. The number of anilines is 1. The molecule has 2 aliphatic heterocycles. The number of esters is 1. The van der Waals surface area contributed by atoms with E-state index in [0.29, 0.717) is 5.56 Å². The third kappa shape index (κ3) is 3.29. The summed E-state index contributed by atoms with van der Waals surface area (Å²) in [6.45, 7) is 0. The molecule has 4 nitrogen and oxygen atoms in total. The number of carbonyl (C=O) groups is 1. The van der Waals surface area contributed by atoms with Crippen molar-refractivity contribution < 1.29 is 31.8 Å². The van der Waals surface area contributed by atoms with Crippen LogP contribution < -0.4 is 4.90 Å². The molecule has 0 saturated carbocycles. The first kappa shape index (κ1) is 19.2. The molecule has 2 aromatic carbocycles. The number of benzene rings is 2. The predicted octanol–water partition coefficient (Wildman–Crippen LogP) is 4.75. The molecule has 2 aliphatic rings. The zero-order valence-corrected chi connectivity index (χ0v) is 15.1. The zero-order chi connectivity index (χ0) is 20.8. The number of rotatable bonds is 2. The fraction of sp³-hybridized carbons (Fsp3) is 0.190. The zero-order valence-electron chi connectivity index (χ0n) is 15.1. The molecule has 0 bridgehead atoms. The van der Waals surface area contributed by atoms with E-state index in [1.54, 1.807) is 24.3 Å². The van der Waals surface area contributed by atoms with Crippen molar-refractivity contribution in [2.45, 2.75) is 18.5 Å². The fourth-order valence-corrected chi connectivity index (χ4v) is 3.56. The molecule has 2 aromatic rings. The predicted molar refractivity (Wildman–Crippen MR) is 97.1 cm³/mol. The third-order valence-electron chi connectivity index (χ3n) is 4.77. The van der Waals surface area contributed by atoms with Crippen LogP contribution >= 0.6 is 0 Å². The third-order valence-corrected chi connectivity index (χ3v) is 4.77. The molecular weight excluding hydrogens is 390 g/mol. The Kier molecular flexibility index (Phi) is 4.66. The molecular formula is C21H15F4NO3. The van der Waals surface area contributed by atoms with Gasteiger partial charge in [0.1, 0.15) is 17.6 Å². The molecule has 4 rings (SSSR count). The van der Waals surface area contributed by atoms with Crippen LogP contribution in [0.5, 0.6) is 0 Å². The largest absolute Gasteiger partial charge is 0.466 e. The number of para-hydroxylation sites is 1. The van der Waals surface area contributed by atoms with Gasteiger partial charge in [-0.1, -0.05) is 36.4 Å². The molecule has 0 radical (unpaired) electrons. The molecule has 0 aromatic heterocycles. The van der Waals surface area contributed by atoms with Gasteiger partial charge >= 0.3 is 12.1 Å². The van der Waals surface area contributed by atoms with E-state index >= 15 is 0 Å². The van der Waals surface area contributed by atoms with E-state index in [0.717, 1.165) is 24.1 Å². The maximum absolute atomic E-state index is 14.3. The maximum atomic E-state index is 14.3. The van der Waals surface area contributed by atoms with Crippen LogP contribution in [0.2, 0.25) is 0 Å². The van der Waals surface area contributed by atoms with E-state index in [2.05, 4.69) is 4.74 Å². The summed E-state index contributed by atoms with van der Waals surface area (Å²) in [5.74, 6) is -1.73. The summed E-state index contributed by atoms with van der Waals surface area (Å²) in [5, 5.41) is 0. The van der Waals surface area contributed by atoms with Crippen LogP contribution in [-0.4, -0.2) is 25.5 Å². The first-order valence-electron chi connectivity index (χ1n) is 8.68. The van der Waals surface area contributed by atoms with Gasteiger partial charge in [-0.15, -0.1) is 0 Å². The van der Waals surface area contributed by atoms with Gasteiger partial charge in [0.05, 0.1) is 18.4 Å². The Hall–Kier alpha value is -3.13. The Labute approximate surface area is 163 Å². The molecule has 2 atom stereocenters. The molecule has 2 heterocycles. The summed E-state index contributed by atoms with van der Waals surface area (Å²) in [4.78, 5) is 13.4. The lowest BCUT2D eigenvalue weighted by Gasteiger charge is -2.44. The smallest absolute Gasteiger partial charge is 0.432 e. The highest BCUT2D eigenvalue weighted by atomic mass is 19.4. The van der Waals surface area contributed by atoms with Crippen molar-refractivity contribution in [2.24, 2.45) is 0 Å². The van der Waals surface area contributed by atoms with E-state index in [1.165, 1.54) is 24.3 Å². The minimum atomic E-state index is -4.87. The fourth-order valence-electron chi connectivity index (χ4n) is 3.56. The normalized spacial score (nSPS) is 20.9. The first-order valence-corrected chi connectivity index (χ1v) is 8.68. The quantitative estimate of drug-likeness (QED) is 0.534. The summed E-state index contributed by atoms with van der Waals surface area (Å²) in [6.07, 6.45) is -4.21. The minimum Gasteiger partial charge on any atom is -0.466 e. The van der Waals surface area contributed by atoms with Gasteiger partial charge < -0.3 is 14.4 Å². The van der Waals surface area contributed by atoms with Gasteiger partial charge in [0.15, 0.2) is 6.23 Å². The summed E-state index contributed by atoms with van der Waals surface area (Å²) < 4.78 is 66.7. The molecule has 0 fully saturated rings. The second kappa shape index (κ2) is 7.04. The van der Waals surface area contributed by atoms with Gasteiger partial charge in [0.2, 0.25) is 0 Å². The lowest BCUT2D eigenvalue weighted by molar-refractivity contribution is -0.142. The second-order valence-corrected chi connectivity index (χ2v) is 6.50. The molecule has 0 saturated heterocycles. The Balaban J connectivity index is 1.98. The average Bonchev–Trinajstić information content (AvgIpc) is 2.71. The minimum absolute atomic E-state index is 0.209. The second-order valence-electron chi connectivity index (χ2n) is 6.50. The van der Waals surface area contributed by atoms with Gasteiger partial charge in [-0.05, 0) is 35.4 Å². The highest BCUT2D eigenvalue weighted by molar-refractivity contribution is 5.93. The summed E-state index contributed by atoms with van der Waals surface area (Å²) >= 11 is 0. The molecule has 0 aliphatic carbocycles. The molecule has 0 unspecified atom stereocenters. The standard InChI is InChI=1S/C21H15F4NO3/c1-28-20(27)17-18(13-6-9-14(22)10-7-13)29-16-11-8-12-4-2-3-5-15(12)26(16)19(17)21(23,24)25/h2-11,16,18H,1H3/t16-,18+/m1/s1. The van der Waals surface area contributed by atoms with Gasteiger partial charge in [-0.3, -0.25) is 0 Å². The molecule has 8 heteroatoms. The molecule has 29 heavy (non-hydrogen) atoms. The van der Waals surface area contributed by atoms with E-state index in [1.807, 2.05) is 0 Å². The Morgan fingerprint density at radius 3 is 2.45 bits per heavy atom. The highest BCUT2D eigenvalue weighted by Gasteiger charge is 2.51. The molecule has 150 valence electrons. The number of hydrogen-bond acceptors (Lipinski definition) is 4. The number of hydrogen-bond donors (Lipinski definition) is 0. The number of ether oxygens (including phenoxy) is 2. The Morgan fingerprint density at radius 1 is 1.10 bits per heavy atom. The summed E-state index contributed by atoms with van der Waals surface area (Å²) in [7, 11) is 1.00. The van der Waals surface area contributed by atoms with Crippen molar-refractivity contribution in [3.63, 3.8) is 0 Å². The van der Waals surface area contributed by atoms with Crippen molar-refractivity contribution in [2.75, 3.05) is 12.0 Å². The van der Waals surface area contributed by atoms with Crippen molar-refractivity contribution in [1.82, 2.24) is 0 Å². The number of nitrogens with zero attached hydrogens (tertiary/aromatic N) is 1. The number of fused-ring (bicyclic) bond motifs is 3. The number of methoxy groups -OCH3 is 1. The van der Waals surface area contributed by atoms with Crippen LogP contribution in [0.25, 0.3) is 6.08 Å². The van der Waals surface area contributed by atoms with Crippen LogP contribution in [0.1, 0.15) is 17.2 Å². The molecule has 0 spiro atoms. The molecule has 0 amide bonds. The van der Waals surface area contributed by atoms with E-state index < -0.39 is 41.6 Å². The summed E-state index contributed by atoms with van der Waals surface area (Å²) in [5.41, 5.74) is -0.829. The van der Waals surface area contributed by atoms with E-state index in [9.17, 15) is 22.4 Å². The van der Waals surface area contributed by atoms with Crippen LogP contribution in [0.15, 0.2) is 65.9 Å². The first-order chi connectivity index (χ1) is 13.8. The van der Waals surface area contributed by atoms with Gasteiger partial charge in [0, 0.05) is 0 Å². The number of carbonyl (C=O) groups excluding carboxylic acids is 1. The lowest BCUT2D eigenvalue weighted by Crippen LogP contribution is -2.49. The van der Waals surface area contributed by atoms with Crippen LogP contribution in [0, 0.1) is 5.82 Å². The van der Waals surface area contributed by atoms with Crippen molar-refractivity contribution in [3.05, 3.63) is 82.8 Å². The maximum Gasteiger partial charge on any atom is 0.432 e. The highest BCUT2D eigenvalue weighted by Crippen LogP contribution is 2.48. The number of alkyl halides is 3. The number of allylic oxidation sites excluding steroid dienone is 1. The van der Waals surface area contributed by atoms with Gasteiger partial charge in [-0.25, -0.2) is 9.18 Å². The van der Waals surface area contributed by atoms with Gasteiger partial charge in [0.25, 0.3) is 0 Å². The average molecular weight is 405 g/mol. The van der Waals surface area contributed by atoms with E-state index in [4.69, 9.17) is 4.74 Å². The SMILES string of the molecule is COC(=O)C1=C(C(F)(F)F)N2c3ccccc3C=C[C@H]2O[C@H]1c1ccc(F)cc1. The van der Waals surface area contributed by atoms with Crippen LogP contribution in [-0.2, 0) is 14.3 Å². The van der Waals surface area contributed by atoms with Crippen molar-refractivity contribution in [3.8, 4) is 0 Å². The van der Waals surface area contributed by atoms with Crippen LogP contribution in [0.4, 0.5) is 23.2 Å². The Morgan fingerprint density at radius 2 is 1.79 bits per heavy atom. The van der Waals surface area contributed by atoms with Crippen LogP contribution in [0.3, 0.4) is 0 Å². The van der Waals surface area contributed by atoms with E-state index in [-0.39, 0.29) is 11.3 Å². The monoisotopic (exact) mass is 405 g/mol. The lowest BCUT2D eigenvalue weighted by atomic mass is 9.94. The number of halogens is 4. The topological polar surface area (TPSA) is 38.8 Å². The van der Waals surface area contributed by atoms with Crippen molar-refractivity contribution in [1.29, 1.82) is 0 Å².